The largest absolute Gasteiger partial charge is 0.380 e. The van der Waals surface area contributed by atoms with E-state index < -0.39 is 0 Å². The van der Waals surface area contributed by atoms with Crippen molar-refractivity contribution in [1.29, 1.82) is 0 Å². The highest BCUT2D eigenvalue weighted by molar-refractivity contribution is 7.08. The van der Waals surface area contributed by atoms with Crippen LogP contribution < -0.4 is 0 Å². The zero-order chi connectivity index (χ0) is 14.5. The van der Waals surface area contributed by atoms with Crippen molar-refractivity contribution in [3.63, 3.8) is 0 Å². The van der Waals surface area contributed by atoms with Crippen LogP contribution in [0.2, 0.25) is 0 Å². The Labute approximate surface area is 130 Å². The molecule has 1 amide bonds. The Bertz CT molecular complexity index is 480. The number of ether oxygens (including phenoxy) is 1. The first-order valence-electron chi connectivity index (χ1n) is 7.64. The molecule has 1 aromatic rings. The lowest BCUT2D eigenvalue weighted by Crippen LogP contribution is -2.39. The lowest BCUT2D eigenvalue weighted by Gasteiger charge is -2.26. The van der Waals surface area contributed by atoms with Crippen molar-refractivity contribution in [1.82, 2.24) is 9.80 Å². The quantitative estimate of drug-likeness (QED) is 0.802. The third-order valence-corrected chi connectivity index (χ3v) is 4.93. The molecule has 2 fully saturated rings. The van der Waals surface area contributed by atoms with Gasteiger partial charge in [0.25, 0.3) is 0 Å². The standard InChI is InChI=1S/C16H22N2O2S/c19-16(3-2-14-5-11-21-13-14)18-7-1-6-17(8-9-18)15-4-10-20-12-15/h2-3,5,11,13,15H,1,4,6-10,12H2/b3-2+. The van der Waals surface area contributed by atoms with Gasteiger partial charge in [0.1, 0.15) is 0 Å². The fraction of sp³-hybridized carbons (Fsp3) is 0.562. The minimum absolute atomic E-state index is 0.130. The van der Waals surface area contributed by atoms with Gasteiger partial charge in [-0.25, -0.2) is 0 Å². The topological polar surface area (TPSA) is 32.8 Å². The third kappa shape index (κ3) is 3.93. The summed E-state index contributed by atoms with van der Waals surface area (Å²) < 4.78 is 5.47. The third-order valence-electron chi connectivity index (χ3n) is 4.23. The van der Waals surface area contributed by atoms with Gasteiger partial charge >= 0.3 is 0 Å². The number of carbonyl (C=O) groups excluding carboxylic acids is 1. The van der Waals surface area contributed by atoms with E-state index >= 15 is 0 Å². The molecule has 2 saturated heterocycles. The number of thiophene rings is 1. The maximum Gasteiger partial charge on any atom is 0.246 e. The van der Waals surface area contributed by atoms with Crippen molar-refractivity contribution in [3.05, 3.63) is 28.5 Å². The van der Waals surface area contributed by atoms with Gasteiger partial charge in [-0.05, 0) is 41.3 Å². The summed E-state index contributed by atoms with van der Waals surface area (Å²) >= 11 is 1.65. The summed E-state index contributed by atoms with van der Waals surface area (Å²) in [6.07, 6.45) is 5.79. The van der Waals surface area contributed by atoms with Gasteiger partial charge in [-0.2, -0.15) is 11.3 Å². The first-order chi connectivity index (χ1) is 10.3. The predicted octanol–water partition coefficient (Wildman–Crippen LogP) is 2.08. The molecule has 0 radical (unpaired) electrons. The van der Waals surface area contributed by atoms with Crippen LogP contribution in [0.15, 0.2) is 22.9 Å². The number of hydrogen-bond acceptors (Lipinski definition) is 4. The highest BCUT2D eigenvalue weighted by Gasteiger charge is 2.26. The van der Waals surface area contributed by atoms with Gasteiger partial charge < -0.3 is 9.64 Å². The first kappa shape index (κ1) is 14.8. The summed E-state index contributed by atoms with van der Waals surface area (Å²) in [6, 6.07) is 2.58. The van der Waals surface area contributed by atoms with E-state index in [0.29, 0.717) is 6.04 Å². The molecule has 4 nitrogen and oxygen atoms in total. The molecule has 2 aliphatic heterocycles. The van der Waals surface area contributed by atoms with Crippen LogP contribution >= 0.6 is 11.3 Å². The van der Waals surface area contributed by atoms with Gasteiger partial charge in [0.05, 0.1) is 6.61 Å². The van der Waals surface area contributed by atoms with Crippen molar-refractivity contribution in [2.45, 2.75) is 18.9 Å². The van der Waals surface area contributed by atoms with Crippen molar-refractivity contribution in [2.24, 2.45) is 0 Å². The Morgan fingerprint density at radius 3 is 3.05 bits per heavy atom. The molecule has 0 saturated carbocycles. The van der Waals surface area contributed by atoms with E-state index in [-0.39, 0.29) is 5.91 Å². The van der Waals surface area contributed by atoms with Crippen LogP contribution in [0.1, 0.15) is 18.4 Å². The van der Waals surface area contributed by atoms with Crippen LogP contribution in [0.5, 0.6) is 0 Å². The molecule has 0 aliphatic carbocycles. The highest BCUT2D eigenvalue weighted by atomic mass is 32.1. The fourth-order valence-corrected chi connectivity index (χ4v) is 3.60. The van der Waals surface area contributed by atoms with E-state index in [9.17, 15) is 4.79 Å². The van der Waals surface area contributed by atoms with E-state index in [2.05, 4.69) is 4.90 Å². The van der Waals surface area contributed by atoms with Crippen molar-refractivity contribution >= 4 is 23.3 Å². The summed E-state index contributed by atoms with van der Waals surface area (Å²) in [6.45, 7) is 5.46. The monoisotopic (exact) mass is 306 g/mol. The number of amides is 1. The molecule has 5 heteroatoms. The van der Waals surface area contributed by atoms with E-state index in [1.165, 1.54) is 0 Å². The second-order valence-corrected chi connectivity index (χ2v) is 6.40. The summed E-state index contributed by atoms with van der Waals surface area (Å²) in [7, 11) is 0. The Morgan fingerprint density at radius 2 is 2.29 bits per heavy atom. The van der Waals surface area contributed by atoms with Crippen LogP contribution in [0.25, 0.3) is 6.08 Å². The Morgan fingerprint density at radius 1 is 1.33 bits per heavy atom. The maximum atomic E-state index is 12.3. The lowest BCUT2D eigenvalue weighted by atomic mass is 10.2. The van der Waals surface area contributed by atoms with E-state index in [4.69, 9.17) is 4.74 Å². The SMILES string of the molecule is O=C(/C=C/c1ccsc1)N1CCCN(C2CCOC2)CC1. The second-order valence-electron chi connectivity index (χ2n) is 5.62. The molecule has 21 heavy (non-hydrogen) atoms. The zero-order valence-corrected chi connectivity index (χ0v) is 13.1. The molecule has 114 valence electrons. The van der Waals surface area contributed by atoms with Crippen LogP contribution in [0, 0.1) is 0 Å². The minimum Gasteiger partial charge on any atom is -0.380 e. The number of carbonyl (C=O) groups is 1. The van der Waals surface area contributed by atoms with E-state index in [1.54, 1.807) is 17.4 Å². The number of nitrogens with zero attached hydrogens (tertiary/aromatic N) is 2. The molecule has 0 aromatic carbocycles. The molecule has 1 aromatic heterocycles. The van der Waals surface area contributed by atoms with Gasteiger partial charge in [0.15, 0.2) is 0 Å². The van der Waals surface area contributed by atoms with Crippen molar-refractivity contribution < 1.29 is 9.53 Å². The number of hydrogen-bond donors (Lipinski definition) is 0. The van der Waals surface area contributed by atoms with Gasteiger partial charge in [0.2, 0.25) is 5.91 Å². The van der Waals surface area contributed by atoms with Crippen LogP contribution in [0.4, 0.5) is 0 Å². The average molecular weight is 306 g/mol. The van der Waals surface area contributed by atoms with Gasteiger partial charge in [-0.1, -0.05) is 0 Å². The maximum absolute atomic E-state index is 12.3. The van der Waals surface area contributed by atoms with Crippen LogP contribution in [-0.4, -0.2) is 61.1 Å². The summed E-state index contributed by atoms with van der Waals surface area (Å²) in [5.74, 6) is 0.130. The molecule has 1 unspecified atom stereocenters. The van der Waals surface area contributed by atoms with E-state index in [0.717, 1.165) is 57.8 Å². The Balaban J connectivity index is 1.53. The molecular weight excluding hydrogens is 284 g/mol. The Hall–Kier alpha value is -1.17. The lowest BCUT2D eigenvalue weighted by molar-refractivity contribution is -0.125. The number of rotatable bonds is 3. The summed E-state index contributed by atoms with van der Waals surface area (Å²) in [5, 5.41) is 4.08. The highest BCUT2D eigenvalue weighted by Crippen LogP contribution is 2.15. The average Bonchev–Trinajstić information content (AvgIpc) is 3.15. The molecular formula is C16H22N2O2S. The molecule has 0 N–H and O–H groups in total. The van der Waals surface area contributed by atoms with Gasteiger partial charge in [0, 0.05) is 44.9 Å². The second kappa shape index (κ2) is 7.20. The fourth-order valence-electron chi connectivity index (χ4n) is 2.98. The molecule has 0 spiro atoms. The Kier molecular flexibility index (Phi) is 5.06. The molecule has 1 atom stereocenters. The molecule has 3 heterocycles. The summed E-state index contributed by atoms with van der Waals surface area (Å²) in [4.78, 5) is 16.7. The van der Waals surface area contributed by atoms with Gasteiger partial charge in [-0.3, -0.25) is 9.69 Å². The van der Waals surface area contributed by atoms with Crippen LogP contribution in [0.3, 0.4) is 0 Å². The predicted molar refractivity (Wildman–Crippen MR) is 85.3 cm³/mol. The summed E-state index contributed by atoms with van der Waals surface area (Å²) in [5.41, 5.74) is 1.10. The van der Waals surface area contributed by atoms with Crippen molar-refractivity contribution in [3.8, 4) is 0 Å². The zero-order valence-electron chi connectivity index (χ0n) is 12.2. The van der Waals surface area contributed by atoms with Gasteiger partial charge in [-0.15, -0.1) is 0 Å². The van der Waals surface area contributed by atoms with Crippen molar-refractivity contribution in [2.75, 3.05) is 39.4 Å². The smallest absolute Gasteiger partial charge is 0.246 e. The van der Waals surface area contributed by atoms with E-state index in [1.807, 2.05) is 27.8 Å². The molecule has 3 rings (SSSR count). The minimum atomic E-state index is 0.130. The molecule has 2 aliphatic rings. The molecule has 0 bridgehead atoms. The first-order valence-corrected chi connectivity index (χ1v) is 8.58. The normalized spacial score (nSPS) is 24.6. The van der Waals surface area contributed by atoms with Crippen LogP contribution in [-0.2, 0) is 9.53 Å².